The minimum atomic E-state index is -0.555. The van der Waals surface area contributed by atoms with Crippen molar-refractivity contribution in [2.24, 2.45) is 7.05 Å². The predicted octanol–water partition coefficient (Wildman–Crippen LogP) is 1.76. The summed E-state index contributed by atoms with van der Waals surface area (Å²) in [6, 6.07) is 5.75. The minimum Gasteiger partial charge on any atom is -0.485 e. The molecule has 1 unspecified atom stereocenters. The second-order valence-electron chi connectivity index (χ2n) is 4.31. The number of aromatic nitrogens is 3. The monoisotopic (exact) mass is 247 g/mol. The van der Waals surface area contributed by atoms with Gasteiger partial charge in [-0.3, -0.25) is 4.68 Å². The van der Waals surface area contributed by atoms with Gasteiger partial charge in [0.1, 0.15) is 18.7 Å². The third-order valence-electron chi connectivity index (χ3n) is 2.78. The van der Waals surface area contributed by atoms with Gasteiger partial charge in [-0.25, -0.2) is 4.98 Å². The Hall–Kier alpha value is -1.88. The minimum absolute atomic E-state index is 0.333. The summed E-state index contributed by atoms with van der Waals surface area (Å²) in [5.41, 5.74) is 1.87. The number of ether oxygens (including phenoxy) is 1. The number of hydrogen-bond donors (Lipinski definition) is 1. The largest absolute Gasteiger partial charge is 0.485 e. The van der Waals surface area contributed by atoms with Gasteiger partial charge in [-0.15, -0.1) is 0 Å². The first kappa shape index (κ1) is 12.6. The molecule has 0 aliphatic heterocycles. The molecular formula is C13H17N3O2. The van der Waals surface area contributed by atoms with E-state index in [1.807, 2.05) is 32.2 Å². The van der Waals surface area contributed by atoms with E-state index in [1.54, 1.807) is 11.6 Å². The summed E-state index contributed by atoms with van der Waals surface area (Å²) in [6.45, 7) is 4.04. The van der Waals surface area contributed by atoms with Gasteiger partial charge < -0.3 is 9.84 Å². The zero-order valence-corrected chi connectivity index (χ0v) is 10.8. The van der Waals surface area contributed by atoms with Crippen LogP contribution >= 0.6 is 0 Å². The topological polar surface area (TPSA) is 60.2 Å². The Balaban J connectivity index is 2.18. The van der Waals surface area contributed by atoms with Crippen LogP contribution in [0.4, 0.5) is 0 Å². The first-order chi connectivity index (χ1) is 8.58. The van der Waals surface area contributed by atoms with E-state index < -0.39 is 6.10 Å². The molecule has 1 N–H and O–H groups in total. The normalized spacial score (nSPS) is 12.4. The molecule has 0 saturated heterocycles. The lowest BCUT2D eigenvalue weighted by Crippen LogP contribution is -2.06. The summed E-state index contributed by atoms with van der Waals surface area (Å²) >= 11 is 0. The number of aliphatic hydroxyl groups is 1. The molecule has 5 heteroatoms. The van der Waals surface area contributed by atoms with Crippen molar-refractivity contribution in [3.63, 3.8) is 0 Å². The second kappa shape index (κ2) is 5.18. The number of aliphatic hydroxyl groups excluding tert-OH is 1. The first-order valence-electron chi connectivity index (χ1n) is 5.82. The van der Waals surface area contributed by atoms with Crippen LogP contribution in [0, 0.1) is 6.92 Å². The zero-order chi connectivity index (χ0) is 13.1. The van der Waals surface area contributed by atoms with Gasteiger partial charge in [-0.05, 0) is 25.5 Å². The summed E-state index contributed by atoms with van der Waals surface area (Å²) in [7, 11) is 1.82. The van der Waals surface area contributed by atoms with Crippen LogP contribution < -0.4 is 4.74 Å². The average molecular weight is 247 g/mol. The molecular weight excluding hydrogens is 230 g/mol. The molecule has 0 spiro atoms. The van der Waals surface area contributed by atoms with Crippen LogP contribution in [0.1, 0.15) is 30.0 Å². The van der Waals surface area contributed by atoms with Crippen LogP contribution in [-0.2, 0) is 13.7 Å². The predicted molar refractivity (Wildman–Crippen MR) is 67.1 cm³/mol. The van der Waals surface area contributed by atoms with E-state index >= 15 is 0 Å². The highest BCUT2D eigenvalue weighted by molar-refractivity contribution is 5.38. The van der Waals surface area contributed by atoms with Crippen molar-refractivity contribution < 1.29 is 9.84 Å². The van der Waals surface area contributed by atoms with Crippen LogP contribution in [0.5, 0.6) is 5.75 Å². The van der Waals surface area contributed by atoms with Gasteiger partial charge in [0.05, 0.1) is 6.10 Å². The number of nitrogens with zero attached hydrogens (tertiary/aromatic N) is 3. The summed E-state index contributed by atoms with van der Waals surface area (Å²) < 4.78 is 7.39. The highest BCUT2D eigenvalue weighted by atomic mass is 16.5. The van der Waals surface area contributed by atoms with Gasteiger partial charge in [0.15, 0.2) is 5.82 Å². The molecule has 18 heavy (non-hydrogen) atoms. The summed E-state index contributed by atoms with van der Waals surface area (Å²) in [5.74, 6) is 1.43. The molecule has 0 aliphatic carbocycles. The second-order valence-corrected chi connectivity index (χ2v) is 4.31. The molecule has 0 saturated carbocycles. The lowest BCUT2D eigenvalue weighted by molar-refractivity contribution is 0.189. The molecule has 0 radical (unpaired) electrons. The van der Waals surface area contributed by atoms with Crippen molar-refractivity contribution >= 4 is 0 Å². The molecule has 1 atom stereocenters. The van der Waals surface area contributed by atoms with Gasteiger partial charge in [0.25, 0.3) is 0 Å². The Bertz CT molecular complexity index is 535. The fourth-order valence-electron chi connectivity index (χ4n) is 1.70. The lowest BCUT2D eigenvalue weighted by Gasteiger charge is -2.13. The van der Waals surface area contributed by atoms with Crippen LogP contribution in [-0.4, -0.2) is 19.9 Å². The standard InChI is InChI=1S/C13H17N3O2/c1-9-4-5-11(10(2)17)12(6-9)18-7-13-14-8-15-16(13)3/h4-6,8,10,17H,7H2,1-3H3. The number of rotatable bonds is 4. The molecule has 5 nitrogen and oxygen atoms in total. The van der Waals surface area contributed by atoms with Crippen molar-refractivity contribution in [1.29, 1.82) is 0 Å². The van der Waals surface area contributed by atoms with Crippen molar-refractivity contribution in [2.75, 3.05) is 0 Å². The van der Waals surface area contributed by atoms with Crippen LogP contribution in [0.25, 0.3) is 0 Å². The Morgan fingerprint density at radius 2 is 2.22 bits per heavy atom. The molecule has 1 aromatic heterocycles. The highest BCUT2D eigenvalue weighted by Crippen LogP contribution is 2.26. The van der Waals surface area contributed by atoms with Gasteiger partial charge in [-0.2, -0.15) is 5.10 Å². The number of benzene rings is 1. The van der Waals surface area contributed by atoms with E-state index in [0.29, 0.717) is 12.4 Å². The molecule has 0 bridgehead atoms. The van der Waals surface area contributed by atoms with Gasteiger partial charge in [0, 0.05) is 12.6 Å². The van der Waals surface area contributed by atoms with Crippen LogP contribution in [0.15, 0.2) is 24.5 Å². The number of hydrogen-bond acceptors (Lipinski definition) is 4. The number of aryl methyl sites for hydroxylation is 2. The van der Waals surface area contributed by atoms with E-state index in [4.69, 9.17) is 4.74 Å². The van der Waals surface area contributed by atoms with Gasteiger partial charge >= 0.3 is 0 Å². The third-order valence-corrected chi connectivity index (χ3v) is 2.78. The SMILES string of the molecule is Cc1ccc(C(C)O)c(OCc2ncnn2C)c1. The van der Waals surface area contributed by atoms with Gasteiger partial charge in [0.2, 0.25) is 0 Å². The van der Waals surface area contributed by atoms with Crippen LogP contribution in [0.3, 0.4) is 0 Å². The molecule has 0 aliphatic rings. The fourth-order valence-corrected chi connectivity index (χ4v) is 1.70. The molecule has 1 aromatic carbocycles. The fraction of sp³-hybridized carbons (Fsp3) is 0.385. The van der Waals surface area contributed by atoms with Crippen molar-refractivity contribution in [1.82, 2.24) is 14.8 Å². The summed E-state index contributed by atoms with van der Waals surface area (Å²) in [6.07, 6.45) is 0.935. The van der Waals surface area contributed by atoms with E-state index in [2.05, 4.69) is 10.1 Å². The summed E-state index contributed by atoms with van der Waals surface area (Å²) in [5, 5.41) is 13.7. The van der Waals surface area contributed by atoms with E-state index in [0.717, 1.165) is 17.0 Å². The third kappa shape index (κ3) is 2.68. The van der Waals surface area contributed by atoms with Crippen LogP contribution in [0.2, 0.25) is 0 Å². The zero-order valence-electron chi connectivity index (χ0n) is 10.8. The van der Waals surface area contributed by atoms with E-state index in [9.17, 15) is 5.11 Å². The van der Waals surface area contributed by atoms with Crippen molar-refractivity contribution in [3.8, 4) is 5.75 Å². The maximum atomic E-state index is 9.69. The Kier molecular flexibility index (Phi) is 3.62. The average Bonchev–Trinajstić information content (AvgIpc) is 2.72. The van der Waals surface area contributed by atoms with Gasteiger partial charge in [-0.1, -0.05) is 12.1 Å². The first-order valence-corrected chi connectivity index (χ1v) is 5.82. The molecule has 2 rings (SSSR count). The van der Waals surface area contributed by atoms with E-state index in [-0.39, 0.29) is 0 Å². The smallest absolute Gasteiger partial charge is 0.164 e. The maximum Gasteiger partial charge on any atom is 0.164 e. The Morgan fingerprint density at radius 1 is 1.44 bits per heavy atom. The quantitative estimate of drug-likeness (QED) is 0.894. The highest BCUT2D eigenvalue weighted by Gasteiger charge is 2.10. The Morgan fingerprint density at radius 3 is 2.83 bits per heavy atom. The molecule has 0 amide bonds. The van der Waals surface area contributed by atoms with Crippen molar-refractivity contribution in [2.45, 2.75) is 26.6 Å². The molecule has 2 aromatic rings. The molecule has 96 valence electrons. The maximum absolute atomic E-state index is 9.69. The Labute approximate surface area is 106 Å². The molecule has 1 heterocycles. The molecule has 0 fully saturated rings. The van der Waals surface area contributed by atoms with Crippen molar-refractivity contribution in [3.05, 3.63) is 41.5 Å². The lowest BCUT2D eigenvalue weighted by atomic mass is 10.1. The van der Waals surface area contributed by atoms with E-state index in [1.165, 1.54) is 6.33 Å². The summed E-state index contributed by atoms with van der Waals surface area (Å²) in [4.78, 5) is 4.09.